The summed E-state index contributed by atoms with van der Waals surface area (Å²) in [5, 5.41) is 0. The van der Waals surface area contributed by atoms with E-state index in [4.69, 9.17) is 0 Å². The fraction of sp³-hybridized carbons (Fsp3) is 0. The average Bonchev–Trinajstić information content (AvgIpc) is 0. The largest absolute Gasteiger partial charge is 0.412 e. The van der Waals surface area contributed by atoms with Gasteiger partial charge in [-0.1, -0.05) is 0 Å². The fourth-order valence-corrected chi connectivity index (χ4v) is 0. The van der Waals surface area contributed by atoms with Crippen LogP contribution in [0.25, 0.3) is 0 Å². The molecule has 0 saturated carbocycles. The molecule has 40 nitrogen and oxygen atoms in total. The van der Waals surface area contributed by atoms with E-state index in [1.165, 1.54) is 0 Å². The van der Waals surface area contributed by atoms with E-state index < -0.39 is 0 Å². The van der Waals surface area contributed by atoms with Crippen LogP contribution in [0, 0.1) is 0 Å². The maximum atomic E-state index is 0. The molecular weight excluding hydrogens is 2930 g/mol. The van der Waals surface area contributed by atoms with Gasteiger partial charge in [-0.2, -0.15) is 9.90 Å². The topological polar surface area (TPSA) is 1260 Å². The summed E-state index contributed by atoms with van der Waals surface area (Å²) in [5.74, 6) is 0. The smallest absolute Gasteiger partial charge is 0 e. The molecule has 0 amide bonds. The minimum absolute atomic E-state index is 0. The van der Waals surface area contributed by atoms with Crippen LogP contribution in [-0.2, 0) is 263 Å². The van der Waals surface area contributed by atoms with Gasteiger partial charge < -0.3 is 219 Å². The molecule has 80 N–H and O–H groups in total. The quantitative estimate of drug-likeness (QED) is 0.161. The standard InChI is InChI=1S/6K.40H2O.H3P.10W.2Zr/h;;;;;;40*1H2;1H3;;;;;;;;;;;;. The van der Waals surface area contributed by atoms with Crippen LogP contribution in [0.4, 0.5) is 0 Å². The van der Waals surface area contributed by atoms with E-state index in [1.54, 1.807) is 0 Å². The van der Waals surface area contributed by atoms with Crippen LogP contribution in [0.3, 0.4) is 0 Å². The summed E-state index contributed by atoms with van der Waals surface area (Å²) < 4.78 is 0. The van der Waals surface area contributed by atoms with Crippen molar-refractivity contribution in [2.75, 3.05) is 0 Å². The summed E-state index contributed by atoms with van der Waals surface area (Å²) in [6.45, 7) is 0. The number of hydrogen-bond acceptors (Lipinski definition) is 0. The van der Waals surface area contributed by atoms with Crippen LogP contribution in [0.5, 0.6) is 0 Å². The second kappa shape index (κ2) is 1390. The molecule has 1 unspecified atom stereocenters. The van der Waals surface area contributed by atoms with Crippen molar-refractivity contribution in [1.82, 2.24) is 0 Å². The van der Waals surface area contributed by atoms with E-state index in [9.17, 15) is 0 Å². The first-order valence-corrected chi connectivity index (χ1v) is 0. The van der Waals surface area contributed by atoms with Gasteiger partial charge in [0.2, 0.25) is 0 Å². The minimum Gasteiger partial charge on any atom is -0.412 e. The summed E-state index contributed by atoms with van der Waals surface area (Å²) >= 11 is 0. The Labute approximate surface area is 778 Å². The van der Waals surface area contributed by atoms with E-state index in [2.05, 4.69) is 0 Å². The molecule has 0 fully saturated rings. The molecule has 59 heteroatoms. The Hall–Kier alpha value is 17.3. The first kappa shape index (κ1) is 1450. The summed E-state index contributed by atoms with van der Waals surface area (Å²) in [5.41, 5.74) is 0. The van der Waals surface area contributed by atoms with Crippen LogP contribution < -0.4 is 0 Å². The van der Waals surface area contributed by atoms with Crippen molar-refractivity contribution in [3.63, 3.8) is 0 Å². The molecule has 0 aliphatic heterocycles. The van der Waals surface area contributed by atoms with Gasteiger partial charge >= 0.3 is 0 Å². The van der Waals surface area contributed by atoms with E-state index in [1.807, 2.05) is 0 Å². The second-order valence-electron chi connectivity index (χ2n) is 0. The molecule has 1 atom stereocenters. The molecule has 6 radical (unpaired) electrons. The van der Waals surface area contributed by atoms with Crippen LogP contribution >= 0.6 is 9.90 Å². The third kappa shape index (κ3) is 1350. The van der Waals surface area contributed by atoms with Gasteiger partial charge in [0.25, 0.3) is 0 Å². The summed E-state index contributed by atoms with van der Waals surface area (Å²) in [7, 11) is 0. The molecule has 0 bridgehead atoms. The molecule has 0 saturated heterocycles. The van der Waals surface area contributed by atoms with Gasteiger partial charge in [0.15, 0.2) is 0 Å². The molecule has 0 aromatic heterocycles. The summed E-state index contributed by atoms with van der Waals surface area (Å²) in [4.78, 5) is 0. The van der Waals surface area contributed by atoms with Crippen molar-refractivity contribution >= 4 is 318 Å². The van der Waals surface area contributed by atoms with Crippen molar-refractivity contribution in [2.24, 2.45) is 0 Å². The van der Waals surface area contributed by atoms with Crippen molar-refractivity contribution in [3.8, 4) is 0 Å². The molecule has 0 rings (SSSR count). The summed E-state index contributed by atoms with van der Waals surface area (Å²) in [6.07, 6.45) is 0. The SMILES string of the molecule is O.O.O.O.O.O.O.O.O.O.O.O.O.O.O.O.O.O.O.O.O.O.O.O.O.O.O.O.O.O.O.O.O.O.O.O.O.O.O.O.P.[K].[K].[K].[K].[K].[K].[W].[W].[W].[W].[W].[W].[W].[W].[W].[W].[Zr].[Zr]. The molecule has 402 valence electrons. The van der Waals surface area contributed by atoms with Crippen LogP contribution in [0.15, 0.2) is 0 Å². The molecule has 0 heterocycles. The molecule has 0 aromatic rings. The van der Waals surface area contributed by atoms with Crippen molar-refractivity contribution in [1.29, 1.82) is 0 Å². The molecule has 59 heavy (non-hydrogen) atoms. The number of hydrogen-bond donors (Lipinski definition) is 0. The van der Waals surface area contributed by atoms with Crippen molar-refractivity contribution in [3.05, 3.63) is 0 Å². The zero-order valence-corrected chi connectivity index (χ0v) is 86.2. The normalized spacial score (nSPS) is 0. The Bertz CT molecular complexity index is 83.5. The molecule has 0 spiro atoms. The van der Waals surface area contributed by atoms with E-state index in [0.29, 0.717) is 0 Å². The van der Waals surface area contributed by atoms with E-state index in [-0.39, 0.29) is 800 Å². The van der Waals surface area contributed by atoms with E-state index >= 15 is 0 Å². The molecular formula is H83K6O40PW10Zr2. The maximum absolute atomic E-state index is 0. The molecule has 0 aromatic carbocycles. The van der Waals surface area contributed by atoms with Gasteiger partial charge in [-0.25, -0.2) is 0 Å². The predicted octanol–water partition coefficient (Wildman–Crippen LogP) is -35.2. The van der Waals surface area contributed by atoms with Gasteiger partial charge in [0.05, 0.1) is 0 Å². The van der Waals surface area contributed by atoms with E-state index in [0.717, 1.165) is 0 Å². The monoisotopic (exact) mass is 3010 g/mol. The van der Waals surface area contributed by atoms with Crippen molar-refractivity contribution in [2.45, 2.75) is 0 Å². The van der Waals surface area contributed by atoms with Crippen LogP contribution in [0.1, 0.15) is 0 Å². The van der Waals surface area contributed by atoms with Crippen LogP contribution in [0.2, 0.25) is 0 Å². The van der Waals surface area contributed by atoms with Gasteiger partial charge in [-0.3, -0.25) is 0 Å². The predicted molar refractivity (Wildman–Crippen MR) is 190 cm³/mol. The fourth-order valence-electron chi connectivity index (χ4n) is 0. The maximum Gasteiger partial charge on any atom is 0 e. The van der Waals surface area contributed by atoms with Gasteiger partial charge in [-0.15, -0.1) is 0 Å². The molecule has 0 aliphatic rings. The Morgan fingerprint density at radius 2 is 0.0847 bits per heavy atom. The third-order valence-corrected chi connectivity index (χ3v) is 0. The summed E-state index contributed by atoms with van der Waals surface area (Å²) in [6, 6.07) is 0. The Kier molecular flexibility index (Phi) is 34000. The number of rotatable bonds is 0. The third-order valence-electron chi connectivity index (χ3n) is 0. The first-order chi connectivity index (χ1) is 0. The van der Waals surface area contributed by atoms with Gasteiger partial charge in [-0.05, 0) is 0 Å². The first-order valence-electron chi connectivity index (χ1n) is 0. The average molecular weight is 3010 g/mol. The van der Waals surface area contributed by atoms with Gasteiger partial charge in [0.1, 0.15) is 0 Å². The zero-order chi connectivity index (χ0) is 0. The molecule has 0 aliphatic carbocycles. The minimum atomic E-state index is 0. The van der Waals surface area contributed by atoms with Crippen LogP contribution in [-0.4, -0.2) is 527 Å². The Morgan fingerprint density at radius 3 is 0.0847 bits per heavy atom. The zero-order valence-electron chi connectivity index (χ0n) is 31.8. The second-order valence-corrected chi connectivity index (χ2v) is 0. The Morgan fingerprint density at radius 1 is 0.0847 bits per heavy atom. The van der Waals surface area contributed by atoms with Crippen molar-refractivity contribution < 1.29 is 482 Å². The Balaban J connectivity index is 0. The van der Waals surface area contributed by atoms with Gasteiger partial charge in [0, 0.05) is 571 Å².